The van der Waals surface area contributed by atoms with Crippen molar-refractivity contribution in [1.29, 1.82) is 0 Å². The van der Waals surface area contributed by atoms with E-state index in [9.17, 15) is 0 Å². The van der Waals surface area contributed by atoms with Gasteiger partial charge in [-0.25, -0.2) is 0 Å². The first-order valence-corrected chi connectivity index (χ1v) is 5.11. The van der Waals surface area contributed by atoms with Crippen LogP contribution in [0.25, 0.3) is 0 Å². The van der Waals surface area contributed by atoms with Gasteiger partial charge < -0.3 is 10.1 Å². The number of terminal acetylenes is 1. The van der Waals surface area contributed by atoms with E-state index in [1.165, 1.54) is 0 Å². The predicted molar refractivity (Wildman–Crippen MR) is 54.5 cm³/mol. The van der Waals surface area contributed by atoms with Crippen LogP contribution in [0.4, 0.5) is 0 Å². The monoisotopic (exact) mass is 181 g/mol. The molecule has 0 aliphatic carbocycles. The molecule has 0 aromatic heterocycles. The van der Waals surface area contributed by atoms with Crippen molar-refractivity contribution >= 4 is 0 Å². The van der Waals surface area contributed by atoms with E-state index in [0.29, 0.717) is 12.1 Å². The zero-order chi connectivity index (χ0) is 9.52. The number of hydrogen-bond acceptors (Lipinski definition) is 2. The molecule has 1 fully saturated rings. The third kappa shape index (κ3) is 4.31. The molecule has 13 heavy (non-hydrogen) atoms. The summed E-state index contributed by atoms with van der Waals surface area (Å²) >= 11 is 0. The normalized spacial score (nSPS) is 28.3. The van der Waals surface area contributed by atoms with Gasteiger partial charge in [-0.1, -0.05) is 0 Å². The molecule has 1 rings (SSSR count). The zero-order valence-electron chi connectivity index (χ0n) is 8.38. The number of nitrogens with one attached hydrogen (secondary N) is 1. The number of unbranched alkanes of at least 4 members (excludes halogenated alkanes) is 1. The number of rotatable bonds is 4. The van der Waals surface area contributed by atoms with Crippen molar-refractivity contribution in [3.05, 3.63) is 0 Å². The SMILES string of the molecule is C#CCCCNC1CCOC(C)C1. The highest BCUT2D eigenvalue weighted by molar-refractivity contribution is 4.83. The third-order valence-electron chi connectivity index (χ3n) is 2.42. The molecule has 0 bridgehead atoms. The van der Waals surface area contributed by atoms with Crippen molar-refractivity contribution in [3.8, 4) is 12.3 Å². The first kappa shape index (κ1) is 10.6. The molecular weight excluding hydrogens is 162 g/mol. The summed E-state index contributed by atoms with van der Waals surface area (Å²) < 4.78 is 5.46. The maximum absolute atomic E-state index is 5.46. The fourth-order valence-corrected chi connectivity index (χ4v) is 1.68. The third-order valence-corrected chi connectivity index (χ3v) is 2.42. The topological polar surface area (TPSA) is 21.3 Å². The van der Waals surface area contributed by atoms with E-state index in [1.807, 2.05) is 0 Å². The second kappa shape index (κ2) is 6.01. The Labute approximate surface area is 81.0 Å². The molecule has 1 heterocycles. The molecule has 0 radical (unpaired) electrons. The van der Waals surface area contributed by atoms with Crippen LogP contribution in [0.5, 0.6) is 0 Å². The summed E-state index contributed by atoms with van der Waals surface area (Å²) in [6, 6.07) is 0.640. The average molecular weight is 181 g/mol. The van der Waals surface area contributed by atoms with Gasteiger partial charge in [-0.2, -0.15) is 0 Å². The molecule has 1 N–H and O–H groups in total. The van der Waals surface area contributed by atoms with E-state index in [4.69, 9.17) is 11.2 Å². The molecule has 0 saturated carbocycles. The minimum absolute atomic E-state index is 0.416. The van der Waals surface area contributed by atoms with Gasteiger partial charge in [-0.15, -0.1) is 12.3 Å². The molecule has 1 aliphatic rings. The zero-order valence-corrected chi connectivity index (χ0v) is 8.38. The van der Waals surface area contributed by atoms with E-state index in [0.717, 1.165) is 38.8 Å². The largest absolute Gasteiger partial charge is 0.378 e. The summed E-state index contributed by atoms with van der Waals surface area (Å²) in [5.74, 6) is 2.65. The van der Waals surface area contributed by atoms with Gasteiger partial charge in [-0.05, 0) is 32.7 Å². The molecule has 0 aromatic carbocycles. The predicted octanol–water partition coefficient (Wildman–Crippen LogP) is 1.56. The maximum atomic E-state index is 5.46. The summed E-state index contributed by atoms with van der Waals surface area (Å²) in [5, 5.41) is 3.51. The maximum Gasteiger partial charge on any atom is 0.0561 e. The fraction of sp³-hybridized carbons (Fsp3) is 0.818. The van der Waals surface area contributed by atoms with Crippen molar-refractivity contribution in [2.24, 2.45) is 0 Å². The molecule has 2 heteroatoms. The van der Waals surface area contributed by atoms with Crippen LogP contribution in [0.3, 0.4) is 0 Å². The van der Waals surface area contributed by atoms with Gasteiger partial charge in [0.15, 0.2) is 0 Å². The Bertz CT molecular complexity index is 173. The molecule has 74 valence electrons. The Balaban J connectivity index is 2.04. The van der Waals surface area contributed by atoms with Crippen molar-refractivity contribution in [1.82, 2.24) is 5.32 Å². The Kier molecular flexibility index (Phi) is 4.88. The molecule has 2 nitrogen and oxygen atoms in total. The van der Waals surface area contributed by atoms with Gasteiger partial charge in [0, 0.05) is 19.1 Å². The van der Waals surface area contributed by atoms with Crippen molar-refractivity contribution in [3.63, 3.8) is 0 Å². The van der Waals surface area contributed by atoms with Gasteiger partial charge in [-0.3, -0.25) is 0 Å². The lowest BCUT2D eigenvalue weighted by atomic mass is 10.0. The Morgan fingerprint density at radius 2 is 2.46 bits per heavy atom. The minimum atomic E-state index is 0.416. The van der Waals surface area contributed by atoms with Gasteiger partial charge >= 0.3 is 0 Å². The standard InChI is InChI=1S/C11H19NO/c1-3-4-5-7-12-11-6-8-13-10(2)9-11/h1,10-12H,4-9H2,2H3. The van der Waals surface area contributed by atoms with Gasteiger partial charge in [0.05, 0.1) is 6.10 Å². The van der Waals surface area contributed by atoms with Crippen LogP contribution in [0.2, 0.25) is 0 Å². The van der Waals surface area contributed by atoms with E-state index >= 15 is 0 Å². The molecule has 0 spiro atoms. The van der Waals surface area contributed by atoms with Crippen LogP contribution in [-0.4, -0.2) is 25.3 Å². The first-order valence-electron chi connectivity index (χ1n) is 5.11. The molecule has 2 unspecified atom stereocenters. The lowest BCUT2D eigenvalue weighted by molar-refractivity contribution is 0.0134. The van der Waals surface area contributed by atoms with Crippen molar-refractivity contribution in [2.75, 3.05) is 13.2 Å². The van der Waals surface area contributed by atoms with E-state index in [2.05, 4.69) is 18.2 Å². The molecule has 1 saturated heterocycles. The van der Waals surface area contributed by atoms with Gasteiger partial charge in [0.2, 0.25) is 0 Å². The van der Waals surface area contributed by atoms with Crippen LogP contribution >= 0.6 is 0 Å². The molecule has 1 aliphatic heterocycles. The highest BCUT2D eigenvalue weighted by atomic mass is 16.5. The summed E-state index contributed by atoms with van der Waals surface area (Å²) in [4.78, 5) is 0. The van der Waals surface area contributed by atoms with E-state index in [1.54, 1.807) is 0 Å². The first-order chi connectivity index (χ1) is 6.33. The Morgan fingerprint density at radius 3 is 3.15 bits per heavy atom. The van der Waals surface area contributed by atoms with Crippen molar-refractivity contribution in [2.45, 2.75) is 44.8 Å². The Morgan fingerprint density at radius 1 is 1.62 bits per heavy atom. The highest BCUT2D eigenvalue weighted by Crippen LogP contribution is 2.12. The minimum Gasteiger partial charge on any atom is -0.378 e. The number of hydrogen-bond donors (Lipinski definition) is 1. The average Bonchev–Trinajstić information content (AvgIpc) is 2.13. The summed E-state index contributed by atoms with van der Waals surface area (Å²) in [7, 11) is 0. The number of ether oxygens (including phenoxy) is 1. The quantitative estimate of drug-likeness (QED) is 0.525. The summed E-state index contributed by atoms with van der Waals surface area (Å²) in [5.41, 5.74) is 0. The highest BCUT2D eigenvalue weighted by Gasteiger charge is 2.17. The van der Waals surface area contributed by atoms with E-state index < -0.39 is 0 Å². The molecule has 0 aromatic rings. The molecular formula is C11H19NO. The second-order valence-corrected chi connectivity index (χ2v) is 3.66. The lowest BCUT2D eigenvalue weighted by Gasteiger charge is -2.27. The molecule has 0 amide bonds. The van der Waals surface area contributed by atoms with Crippen LogP contribution in [0, 0.1) is 12.3 Å². The van der Waals surface area contributed by atoms with Crippen molar-refractivity contribution < 1.29 is 4.74 Å². The van der Waals surface area contributed by atoms with Gasteiger partial charge in [0.1, 0.15) is 0 Å². The van der Waals surface area contributed by atoms with Crippen LogP contribution in [0.15, 0.2) is 0 Å². The van der Waals surface area contributed by atoms with Crippen LogP contribution < -0.4 is 5.32 Å². The summed E-state index contributed by atoms with van der Waals surface area (Å²) in [6.45, 7) is 4.07. The molecule has 2 atom stereocenters. The van der Waals surface area contributed by atoms with E-state index in [-0.39, 0.29) is 0 Å². The Hall–Kier alpha value is -0.520. The second-order valence-electron chi connectivity index (χ2n) is 3.66. The lowest BCUT2D eigenvalue weighted by Crippen LogP contribution is -2.38. The van der Waals surface area contributed by atoms with Crippen LogP contribution in [-0.2, 0) is 4.74 Å². The smallest absolute Gasteiger partial charge is 0.0561 e. The van der Waals surface area contributed by atoms with Gasteiger partial charge in [0.25, 0.3) is 0 Å². The van der Waals surface area contributed by atoms with Crippen LogP contribution in [0.1, 0.15) is 32.6 Å². The summed E-state index contributed by atoms with van der Waals surface area (Å²) in [6.07, 6.45) is 9.83. The fourth-order valence-electron chi connectivity index (χ4n) is 1.68.